The zero-order valence-corrected chi connectivity index (χ0v) is 13.5. The topological polar surface area (TPSA) is 20.3 Å². The third-order valence-electron chi connectivity index (χ3n) is 3.75. The lowest BCUT2D eigenvalue weighted by molar-refractivity contribution is 0.0670. The molecule has 4 heteroatoms. The second-order valence-electron chi connectivity index (χ2n) is 5.17. The van der Waals surface area contributed by atoms with Gasteiger partial charge in [0.15, 0.2) is 0 Å². The molecule has 19 heavy (non-hydrogen) atoms. The minimum atomic E-state index is 0.134. The standard InChI is InChI=1S/C15H19BrClNO/c1-11-4-2-6-13(14(11)16)15(19)18-9-3-5-12(10-18)7-8-17/h2,4,6,12H,3,5,7-10H2,1H3. The van der Waals surface area contributed by atoms with Crippen molar-refractivity contribution in [1.29, 1.82) is 0 Å². The van der Waals surface area contributed by atoms with E-state index in [2.05, 4.69) is 15.9 Å². The lowest BCUT2D eigenvalue weighted by Crippen LogP contribution is -2.40. The fourth-order valence-corrected chi connectivity index (χ4v) is 3.36. The Bertz CT molecular complexity index is 461. The van der Waals surface area contributed by atoms with Crippen LogP contribution in [0, 0.1) is 12.8 Å². The molecule has 1 aromatic rings. The largest absolute Gasteiger partial charge is 0.338 e. The average Bonchev–Trinajstić information content (AvgIpc) is 2.42. The van der Waals surface area contributed by atoms with E-state index in [4.69, 9.17) is 11.6 Å². The number of aryl methyl sites for hydroxylation is 1. The van der Waals surface area contributed by atoms with E-state index in [1.165, 1.54) is 6.42 Å². The molecule has 1 saturated heterocycles. The van der Waals surface area contributed by atoms with Gasteiger partial charge in [0.05, 0.1) is 5.56 Å². The second kappa shape index (κ2) is 6.76. The molecule has 1 unspecified atom stereocenters. The van der Waals surface area contributed by atoms with Crippen molar-refractivity contribution >= 4 is 33.4 Å². The minimum Gasteiger partial charge on any atom is -0.338 e. The number of nitrogens with zero attached hydrogens (tertiary/aromatic N) is 1. The van der Waals surface area contributed by atoms with Gasteiger partial charge in [-0.3, -0.25) is 4.79 Å². The highest BCUT2D eigenvalue weighted by molar-refractivity contribution is 9.10. The van der Waals surface area contributed by atoms with Gasteiger partial charge >= 0.3 is 0 Å². The molecule has 1 aromatic carbocycles. The van der Waals surface area contributed by atoms with Gasteiger partial charge in [0, 0.05) is 23.4 Å². The third kappa shape index (κ3) is 3.51. The van der Waals surface area contributed by atoms with Gasteiger partial charge in [0.2, 0.25) is 0 Å². The molecule has 104 valence electrons. The number of halogens is 2. The van der Waals surface area contributed by atoms with Gasteiger partial charge < -0.3 is 4.90 Å². The summed E-state index contributed by atoms with van der Waals surface area (Å²) in [7, 11) is 0. The van der Waals surface area contributed by atoms with Crippen LogP contribution in [0.5, 0.6) is 0 Å². The van der Waals surface area contributed by atoms with E-state index in [0.717, 1.165) is 41.5 Å². The Labute approximate surface area is 128 Å². The molecule has 0 N–H and O–H groups in total. The van der Waals surface area contributed by atoms with Crippen LogP contribution >= 0.6 is 27.5 Å². The van der Waals surface area contributed by atoms with Crippen LogP contribution in [0.15, 0.2) is 22.7 Å². The van der Waals surface area contributed by atoms with E-state index < -0.39 is 0 Å². The predicted octanol–water partition coefficient (Wildman–Crippen LogP) is 4.24. The highest BCUT2D eigenvalue weighted by atomic mass is 79.9. The number of carbonyl (C=O) groups is 1. The van der Waals surface area contributed by atoms with Crippen LogP contribution in [0.2, 0.25) is 0 Å². The number of rotatable bonds is 3. The maximum absolute atomic E-state index is 12.6. The Hall–Kier alpha value is -0.540. The first-order valence-corrected chi connectivity index (χ1v) is 8.06. The minimum absolute atomic E-state index is 0.134. The van der Waals surface area contributed by atoms with Crippen LogP contribution in [0.4, 0.5) is 0 Å². The molecule has 0 saturated carbocycles. The van der Waals surface area contributed by atoms with Crippen LogP contribution in [0.1, 0.15) is 35.2 Å². The summed E-state index contributed by atoms with van der Waals surface area (Å²) in [4.78, 5) is 14.6. The smallest absolute Gasteiger partial charge is 0.255 e. The van der Waals surface area contributed by atoms with Gasteiger partial charge in [-0.25, -0.2) is 0 Å². The molecule has 0 aromatic heterocycles. The molecule has 1 aliphatic heterocycles. The Balaban J connectivity index is 2.12. The maximum atomic E-state index is 12.6. The zero-order chi connectivity index (χ0) is 13.8. The summed E-state index contributed by atoms with van der Waals surface area (Å²) in [6.07, 6.45) is 3.27. The van der Waals surface area contributed by atoms with Crippen molar-refractivity contribution < 1.29 is 4.79 Å². The number of benzene rings is 1. The van der Waals surface area contributed by atoms with Crippen LogP contribution in [0.25, 0.3) is 0 Å². The highest BCUT2D eigenvalue weighted by Crippen LogP contribution is 2.26. The molecule has 1 atom stereocenters. The van der Waals surface area contributed by atoms with Crippen LogP contribution in [-0.2, 0) is 0 Å². The average molecular weight is 345 g/mol. The summed E-state index contributed by atoms with van der Waals surface area (Å²) in [5.74, 6) is 1.37. The SMILES string of the molecule is Cc1cccc(C(=O)N2CCCC(CCCl)C2)c1Br. The first-order valence-electron chi connectivity index (χ1n) is 6.74. The summed E-state index contributed by atoms with van der Waals surface area (Å²) in [5, 5.41) is 0. The van der Waals surface area contributed by atoms with Gasteiger partial charge in [-0.2, -0.15) is 0 Å². The zero-order valence-electron chi connectivity index (χ0n) is 11.2. The van der Waals surface area contributed by atoms with Crippen LogP contribution < -0.4 is 0 Å². The van der Waals surface area contributed by atoms with Gasteiger partial charge in [0.1, 0.15) is 0 Å². The Morgan fingerprint density at radius 2 is 2.32 bits per heavy atom. The molecule has 0 aliphatic carbocycles. The van der Waals surface area contributed by atoms with Gasteiger partial charge in [-0.1, -0.05) is 12.1 Å². The van der Waals surface area contributed by atoms with Gasteiger partial charge in [-0.15, -0.1) is 11.6 Å². The number of amides is 1. The summed E-state index contributed by atoms with van der Waals surface area (Å²) >= 11 is 9.34. The lowest BCUT2D eigenvalue weighted by Gasteiger charge is -2.33. The van der Waals surface area contributed by atoms with Crippen molar-refractivity contribution in [3.8, 4) is 0 Å². The van der Waals surface area contributed by atoms with E-state index in [0.29, 0.717) is 11.8 Å². The van der Waals surface area contributed by atoms with Crippen molar-refractivity contribution in [3.05, 3.63) is 33.8 Å². The number of likely N-dealkylation sites (tertiary alicyclic amines) is 1. The van der Waals surface area contributed by atoms with Crippen LogP contribution in [0.3, 0.4) is 0 Å². The quantitative estimate of drug-likeness (QED) is 0.751. The summed E-state index contributed by atoms with van der Waals surface area (Å²) < 4.78 is 0.916. The lowest BCUT2D eigenvalue weighted by atomic mass is 9.95. The molecule has 1 fully saturated rings. The normalized spacial score (nSPS) is 19.5. The van der Waals surface area contributed by atoms with Gasteiger partial charge in [0.25, 0.3) is 5.91 Å². The van der Waals surface area contributed by atoms with E-state index in [9.17, 15) is 4.79 Å². The van der Waals surface area contributed by atoms with Crippen molar-refractivity contribution in [3.63, 3.8) is 0 Å². The van der Waals surface area contributed by atoms with E-state index in [-0.39, 0.29) is 5.91 Å². The van der Waals surface area contributed by atoms with Crippen molar-refractivity contribution in [2.24, 2.45) is 5.92 Å². The predicted molar refractivity (Wildman–Crippen MR) is 82.8 cm³/mol. The maximum Gasteiger partial charge on any atom is 0.255 e. The molecular formula is C15H19BrClNO. The molecule has 0 radical (unpaired) electrons. The first kappa shape index (κ1) is 14.9. The third-order valence-corrected chi connectivity index (χ3v) is 5.02. The molecule has 2 nitrogen and oxygen atoms in total. The fraction of sp³-hybridized carbons (Fsp3) is 0.533. The van der Waals surface area contributed by atoms with E-state index in [1.54, 1.807) is 0 Å². The van der Waals surface area contributed by atoms with Gasteiger partial charge in [-0.05, 0) is 59.7 Å². The number of hydrogen-bond donors (Lipinski definition) is 0. The summed E-state index contributed by atoms with van der Waals surface area (Å²) in [6.45, 7) is 3.71. The number of piperidine rings is 1. The molecule has 0 bridgehead atoms. The molecular weight excluding hydrogens is 326 g/mol. The Morgan fingerprint density at radius 3 is 3.05 bits per heavy atom. The second-order valence-corrected chi connectivity index (χ2v) is 6.34. The number of carbonyl (C=O) groups excluding carboxylic acids is 1. The van der Waals surface area contributed by atoms with Crippen molar-refractivity contribution in [2.45, 2.75) is 26.2 Å². The Morgan fingerprint density at radius 1 is 1.53 bits per heavy atom. The Kier molecular flexibility index (Phi) is 5.28. The molecule has 1 aliphatic rings. The highest BCUT2D eigenvalue weighted by Gasteiger charge is 2.25. The van der Waals surface area contributed by atoms with E-state index >= 15 is 0 Å². The number of alkyl halides is 1. The first-order chi connectivity index (χ1) is 9.13. The molecule has 1 amide bonds. The molecule has 1 heterocycles. The van der Waals surface area contributed by atoms with E-state index in [1.807, 2.05) is 30.0 Å². The molecule has 0 spiro atoms. The summed E-state index contributed by atoms with van der Waals surface area (Å²) in [5.41, 5.74) is 1.87. The van der Waals surface area contributed by atoms with Crippen LogP contribution in [-0.4, -0.2) is 29.8 Å². The summed E-state index contributed by atoms with van der Waals surface area (Å²) in [6, 6.07) is 5.84. The fourth-order valence-electron chi connectivity index (χ4n) is 2.62. The monoisotopic (exact) mass is 343 g/mol. The van der Waals surface area contributed by atoms with Crippen molar-refractivity contribution in [2.75, 3.05) is 19.0 Å². The molecule has 2 rings (SSSR count). The van der Waals surface area contributed by atoms with Crippen molar-refractivity contribution in [1.82, 2.24) is 4.90 Å². The number of hydrogen-bond acceptors (Lipinski definition) is 1.